The number of rotatable bonds is 5. The lowest BCUT2D eigenvalue weighted by molar-refractivity contribution is -0.136. The Bertz CT molecular complexity index is 521. The molecule has 0 radical (unpaired) electrons. The van der Waals surface area contributed by atoms with Gasteiger partial charge in [-0.2, -0.15) is 0 Å². The van der Waals surface area contributed by atoms with E-state index in [0.717, 1.165) is 6.42 Å². The highest BCUT2D eigenvalue weighted by Gasteiger charge is 2.31. The molecule has 2 rings (SSSR count). The van der Waals surface area contributed by atoms with Gasteiger partial charge in [0.15, 0.2) is 0 Å². The molecule has 1 N–H and O–H groups in total. The van der Waals surface area contributed by atoms with Gasteiger partial charge in [-0.15, -0.1) is 0 Å². The lowest BCUT2D eigenvalue weighted by Gasteiger charge is -2.22. The van der Waals surface area contributed by atoms with E-state index >= 15 is 0 Å². The minimum Gasteiger partial charge on any atom is -0.492 e. The van der Waals surface area contributed by atoms with Crippen LogP contribution in [0.3, 0.4) is 0 Å². The van der Waals surface area contributed by atoms with E-state index in [4.69, 9.17) is 4.74 Å². The molecule has 1 aliphatic heterocycles. The number of hydrogen-bond donors (Lipinski definition) is 1. The van der Waals surface area contributed by atoms with E-state index in [-0.39, 0.29) is 30.3 Å². The van der Waals surface area contributed by atoms with Gasteiger partial charge in [0, 0.05) is 19.5 Å². The van der Waals surface area contributed by atoms with Crippen LogP contribution in [0, 0.1) is 5.82 Å². The van der Waals surface area contributed by atoms with Gasteiger partial charge in [0.25, 0.3) is 0 Å². The van der Waals surface area contributed by atoms with E-state index in [2.05, 4.69) is 5.32 Å². The van der Waals surface area contributed by atoms with Gasteiger partial charge in [0.1, 0.15) is 24.2 Å². The van der Waals surface area contributed by atoms with E-state index in [1.807, 2.05) is 0 Å². The summed E-state index contributed by atoms with van der Waals surface area (Å²) in [5, 5.41) is 2.74. The highest BCUT2D eigenvalue weighted by atomic mass is 19.1. The third kappa shape index (κ3) is 4.18. The Balaban J connectivity index is 1.73. The Morgan fingerprint density at radius 1 is 1.48 bits per heavy atom. The van der Waals surface area contributed by atoms with Crippen molar-refractivity contribution in [2.45, 2.75) is 25.8 Å². The number of hydrogen-bond acceptors (Lipinski definition) is 3. The SMILES string of the molecule is CC(=O)N1CCC[C@H]1C(=O)NCCOc1cccc(F)c1. The van der Waals surface area contributed by atoms with E-state index in [1.165, 1.54) is 19.1 Å². The van der Waals surface area contributed by atoms with Crippen molar-refractivity contribution in [3.8, 4) is 5.75 Å². The normalized spacial score (nSPS) is 17.6. The minimum atomic E-state index is -0.378. The molecule has 1 aromatic rings. The third-order valence-electron chi connectivity index (χ3n) is 3.43. The van der Waals surface area contributed by atoms with Gasteiger partial charge in [0.05, 0.1) is 6.54 Å². The maximum atomic E-state index is 12.9. The van der Waals surface area contributed by atoms with Crippen LogP contribution in [0.1, 0.15) is 19.8 Å². The molecule has 2 amide bonds. The van der Waals surface area contributed by atoms with Crippen molar-refractivity contribution in [3.05, 3.63) is 30.1 Å². The number of carbonyl (C=O) groups excluding carboxylic acids is 2. The van der Waals surface area contributed by atoms with Crippen molar-refractivity contribution in [2.24, 2.45) is 0 Å². The number of likely N-dealkylation sites (tertiary alicyclic amines) is 1. The van der Waals surface area contributed by atoms with Crippen LogP contribution in [0.4, 0.5) is 4.39 Å². The molecule has 0 aliphatic carbocycles. The van der Waals surface area contributed by atoms with Gasteiger partial charge in [0.2, 0.25) is 11.8 Å². The summed E-state index contributed by atoms with van der Waals surface area (Å²) in [6.45, 7) is 2.67. The summed E-state index contributed by atoms with van der Waals surface area (Å²) in [4.78, 5) is 25.0. The fourth-order valence-electron chi connectivity index (χ4n) is 2.43. The molecule has 1 saturated heterocycles. The molecule has 0 bridgehead atoms. The average molecular weight is 294 g/mol. The smallest absolute Gasteiger partial charge is 0.242 e. The Hall–Kier alpha value is -2.11. The lowest BCUT2D eigenvalue weighted by atomic mass is 10.2. The first-order chi connectivity index (χ1) is 10.1. The molecule has 1 aromatic carbocycles. The van der Waals surface area contributed by atoms with Crippen LogP contribution in [-0.4, -0.2) is 42.5 Å². The highest BCUT2D eigenvalue weighted by molar-refractivity contribution is 5.87. The van der Waals surface area contributed by atoms with Crippen LogP contribution in [0.25, 0.3) is 0 Å². The van der Waals surface area contributed by atoms with Crippen molar-refractivity contribution < 1.29 is 18.7 Å². The molecule has 0 aromatic heterocycles. The summed E-state index contributed by atoms with van der Waals surface area (Å²) in [7, 11) is 0. The fourth-order valence-corrected chi connectivity index (χ4v) is 2.43. The molecular formula is C15H19FN2O3. The van der Waals surface area contributed by atoms with Crippen molar-refractivity contribution in [1.82, 2.24) is 10.2 Å². The van der Waals surface area contributed by atoms with Gasteiger partial charge < -0.3 is 15.0 Å². The maximum absolute atomic E-state index is 12.9. The topological polar surface area (TPSA) is 58.6 Å². The van der Waals surface area contributed by atoms with Crippen LogP contribution in [-0.2, 0) is 9.59 Å². The molecule has 21 heavy (non-hydrogen) atoms. The van der Waals surface area contributed by atoms with Crippen molar-refractivity contribution in [2.75, 3.05) is 19.7 Å². The summed E-state index contributed by atoms with van der Waals surface area (Å²) in [6, 6.07) is 5.46. The average Bonchev–Trinajstić information content (AvgIpc) is 2.93. The van der Waals surface area contributed by atoms with Gasteiger partial charge in [-0.25, -0.2) is 4.39 Å². The second kappa shape index (κ2) is 7.06. The van der Waals surface area contributed by atoms with Gasteiger partial charge >= 0.3 is 0 Å². The molecule has 1 atom stereocenters. The number of amides is 2. The fraction of sp³-hybridized carbons (Fsp3) is 0.467. The van der Waals surface area contributed by atoms with Crippen LogP contribution >= 0.6 is 0 Å². The van der Waals surface area contributed by atoms with Crippen molar-refractivity contribution in [3.63, 3.8) is 0 Å². The van der Waals surface area contributed by atoms with Crippen molar-refractivity contribution in [1.29, 1.82) is 0 Å². The number of carbonyl (C=O) groups is 2. The quantitative estimate of drug-likeness (QED) is 0.834. The number of ether oxygens (including phenoxy) is 1. The predicted molar refractivity (Wildman–Crippen MR) is 75.3 cm³/mol. The van der Waals surface area contributed by atoms with E-state index in [9.17, 15) is 14.0 Å². The molecule has 0 spiro atoms. The Morgan fingerprint density at radius 2 is 2.29 bits per heavy atom. The molecule has 5 nitrogen and oxygen atoms in total. The standard InChI is InChI=1S/C15H19FN2O3/c1-11(19)18-8-3-6-14(18)15(20)17-7-9-21-13-5-2-4-12(16)10-13/h2,4-5,10,14H,3,6-9H2,1H3,(H,17,20)/t14-/m0/s1. The first-order valence-corrected chi connectivity index (χ1v) is 7.01. The molecule has 1 heterocycles. The molecule has 0 unspecified atom stereocenters. The largest absolute Gasteiger partial charge is 0.492 e. The maximum Gasteiger partial charge on any atom is 0.242 e. The molecule has 0 saturated carbocycles. The third-order valence-corrected chi connectivity index (χ3v) is 3.43. The minimum absolute atomic E-state index is 0.0799. The molecule has 1 fully saturated rings. The van der Waals surface area contributed by atoms with Crippen LogP contribution in [0.15, 0.2) is 24.3 Å². The van der Waals surface area contributed by atoms with Crippen LogP contribution in [0.2, 0.25) is 0 Å². The molecule has 1 aliphatic rings. The molecular weight excluding hydrogens is 275 g/mol. The zero-order valence-corrected chi connectivity index (χ0v) is 12.0. The van der Waals surface area contributed by atoms with E-state index in [0.29, 0.717) is 25.3 Å². The number of nitrogens with zero attached hydrogens (tertiary/aromatic N) is 1. The Kier molecular flexibility index (Phi) is 5.14. The Morgan fingerprint density at radius 3 is 3.00 bits per heavy atom. The zero-order chi connectivity index (χ0) is 15.2. The van der Waals surface area contributed by atoms with Gasteiger partial charge in [-0.3, -0.25) is 9.59 Å². The monoisotopic (exact) mass is 294 g/mol. The zero-order valence-electron chi connectivity index (χ0n) is 12.0. The van der Waals surface area contributed by atoms with E-state index < -0.39 is 0 Å². The summed E-state index contributed by atoms with van der Waals surface area (Å²) in [5.41, 5.74) is 0. The second-order valence-corrected chi connectivity index (χ2v) is 4.97. The first-order valence-electron chi connectivity index (χ1n) is 7.01. The number of halogens is 1. The molecule has 114 valence electrons. The molecule has 6 heteroatoms. The summed E-state index contributed by atoms with van der Waals surface area (Å²) in [6.07, 6.45) is 1.54. The van der Waals surface area contributed by atoms with Crippen LogP contribution in [0.5, 0.6) is 5.75 Å². The first kappa shape index (κ1) is 15.3. The van der Waals surface area contributed by atoms with E-state index in [1.54, 1.807) is 17.0 Å². The highest BCUT2D eigenvalue weighted by Crippen LogP contribution is 2.17. The number of nitrogens with one attached hydrogen (secondary N) is 1. The van der Waals surface area contributed by atoms with Crippen molar-refractivity contribution >= 4 is 11.8 Å². The Labute approximate surface area is 123 Å². The van der Waals surface area contributed by atoms with Gasteiger partial charge in [-0.05, 0) is 25.0 Å². The van der Waals surface area contributed by atoms with Crippen LogP contribution < -0.4 is 10.1 Å². The van der Waals surface area contributed by atoms with Gasteiger partial charge in [-0.1, -0.05) is 6.07 Å². The summed E-state index contributed by atoms with van der Waals surface area (Å²) < 4.78 is 18.3. The summed E-state index contributed by atoms with van der Waals surface area (Å²) in [5.74, 6) is -0.177. The lowest BCUT2D eigenvalue weighted by Crippen LogP contribution is -2.46. The second-order valence-electron chi connectivity index (χ2n) is 4.97. The predicted octanol–water partition coefficient (Wildman–Crippen LogP) is 1.33. The number of benzene rings is 1. The summed E-state index contributed by atoms with van der Waals surface area (Å²) >= 11 is 0.